The maximum atomic E-state index is 5.79. The normalized spacial score (nSPS) is 13.8. The third-order valence-corrected chi connectivity index (χ3v) is 2.75. The van der Waals surface area contributed by atoms with Crippen LogP contribution in [0.3, 0.4) is 0 Å². The van der Waals surface area contributed by atoms with E-state index >= 15 is 0 Å². The van der Waals surface area contributed by atoms with Crippen molar-refractivity contribution in [1.29, 1.82) is 0 Å². The molecule has 2 N–H and O–H groups in total. The van der Waals surface area contributed by atoms with Gasteiger partial charge in [0, 0.05) is 0 Å². The second kappa shape index (κ2) is 3.47. The quantitative estimate of drug-likeness (QED) is 0.850. The number of anilines is 1. The Labute approximate surface area is 81.1 Å². The lowest BCUT2D eigenvalue weighted by Crippen LogP contribution is -2.15. The standard InChI is InChI=1S/C8H14BrN3/c1-5(2)6(3)12-8(10)7(9)4-11-12/h4-6H,10H2,1-3H3. The zero-order chi connectivity index (χ0) is 9.30. The van der Waals surface area contributed by atoms with E-state index in [1.54, 1.807) is 6.20 Å². The zero-order valence-corrected chi connectivity index (χ0v) is 9.17. The Hall–Kier alpha value is -0.510. The fourth-order valence-electron chi connectivity index (χ4n) is 0.958. The van der Waals surface area contributed by atoms with Gasteiger partial charge in [0.2, 0.25) is 0 Å². The van der Waals surface area contributed by atoms with Gasteiger partial charge in [0.1, 0.15) is 5.82 Å². The molecule has 3 nitrogen and oxygen atoms in total. The average Bonchev–Trinajstić information content (AvgIpc) is 2.32. The Balaban J connectivity index is 2.95. The molecule has 1 heterocycles. The molecule has 0 saturated carbocycles. The van der Waals surface area contributed by atoms with E-state index in [0.717, 1.165) is 4.47 Å². The van der Waals surface area contributed by atoms with Crippen LogP contribution >= 0.6 is 15.9 Å². The number of rotatable bonds is 2. The molecule has 0 aliphatic carbocycles. The van der Waals surface area contributed by atoms with E-state index in [1.807, 2.05) is 4.68 Å². The molecule has 1 unspecified atom stereocenters. The van der Waals surface area contributed by atoms with Crippen LogP contribution in [-0.2, 0) is 0 Å². The first-order valence-electron chi connectivity index (χ1n) is 4.02. The molecule has 0 spiro atoms. The highest BCUT2D eigenvalue weighted by molar-refractivity contribution is 9.10. The largest absolute Gasteiger partial charge is 0.383 e. The van der Waals surface area contributed by atoms with Crippen LogP contribution in [0.5, 0.6) is 0 Å². The van der Waals surface area contributed by atoms with Gasteiger partial charge in [0.05, 0.1) is 16.7 Å². The van der Waals surface area contributed by atoms with Crippen LogP contribution in [-0.4, -0.2) is 9.78 Å². The summed E-state index contributed by atoms with van der Waals surface area (Å²) in [7, 11) is 0. The number of hydrogen-bond acceptors (Lipinski definition) is 2. The molecule has 0 aromatic carbocycles. The van der Waals surface area contributed by atoms with Crippen molar-refractivity contribution in [3.05, 3.63) is 10.7 Å². The van der Waals surface area contributed by atoms with Gasteiger partial charge in [-0.15, -0.1) is 0 Å². The smallest absolute Gasteiger partial charge is 0.136 e. The molecule has 12 heavy (non-hydrogen) atoms. The van der Waals surface area contributed by atoms with Gasteiger partial charge in [0.15, 0.2) is 0 Å². The van der Waals surface area contributed by atoms with Crippen molar-refractivity contribution in [2.24, 2.45) is 5.92 Å². The Morgan fingerprint density at radius 2 is 2.08 bits per heavy atom. The SMILES string of the molecule is CC(C)C(C)n1ncc(Br)c1N. The minimum Gasteiger partial charge on any atom is -0.383 e. The molecular formula is C8H14BrN3. The van der Waals surface area contributed by atoms with E-state index in [1.165, 1.54) is 0 Å². The van der Waals surface area contributed by atoms with Gasteiger partial charge in [-0.05, 0) is 28.8 Å². The lowest BCUT2D eigenvalue weighted by atomic mass is 10.1. The Morgan fingerprint density at radius 3 is 2.42 bits per heavy atom. The molecule has 1 aromatic rings. The van der Waals surface area contributed by atoms with Crippen molar-refractivity contribution in [2.45, 2.75) is 26.8 Å². The molecule has 0 aliphatic rings. The molecule has 0 aliphatic heterocycles. The molecule has 0 fully saturated rings. The van der Waals surface area contributed by atoms with Gasteiger partial charge < -0.3 is 5.73 Å². The third-order valence-electron chi connectivity index (χ3n) is 2.14. The zero-order valence-electron chi connectivity index (χ0n) is 7.58. The van der Waals surface area contributed by atoms with Crippen LogP contribution < -0.4 is 5.73 Å². The third kappa shape index (κ3) is 1.63. The van der Waals surface area contributed by atoms with Gasteiger partial charge in [-0.25, -0.2) is 4.68 Å². The number of nitrogens with two attached hydrogens (primary N) is 1. The first kappa shape index (κ1) is 9.58. The van der Waals surface area contributed by atoms with Crippen molar-refractivity contribution in [1.82, 2.24) is 9.78 Å². The minimum atomic E-state index is 0.344. The fourth-order valence-corrected chi connectivity index (χ4v) is 1.23. The summed E-state index contributed by atoms with van der Waals surface area (Å²) in [6.45, 7) is 6.42. The van der Waals surface area contributed by atoms with E-state index in [-0.39, 0.29) is 0 Å². The molecule has 68 valence electrons. The van der Waals surface area contributed by atoms with E-state index in [2.05, 4.69) is 41.8 Å². The lowest BCUT2D eigenvalue weighted by molar-refractivity contribution is 0.380. The highest BCUT2D eigenvalue weighted by Crippen LogP contribution is 2.24. The number of nitrogens with zero attached hydrogens (tertiary/aromatic N) is 2. The molecule has 4 heteroatoms. The summed E-state index contributed by atoms with van der Waals surface area (Å²) in [5.74, 6) is 1.25. The van der Waals surface area contributed by atoms with Crippen LogP contribution in [0.15, 0.2) is 10.7 Å². The summed E-state index contributed by atoms with van der Waals surface area (Å²) in [5, 5.41) is 4.18. The van der Waals surface area contributed by atoms with Crippen LogP contribution in [0.1, 0.15) is 26.8 Å². The molecule has 0 bridgehead atoms. The molecule has 0 amide bonds. The molecule has 1 aromatic heterocycles. The number of hydrogen-bond donors (Lipinski definition) is 1. The maximum Gasteiger partial charge on any atom is 0.136 e. The lowest BCUT2D eigenvalue weighted by Gasteiger charge is -2.17. The predicted octanol–water partition coefficient (Wildman–Crippen LogP) is 2.44. The van der Waals surface area contributed by atoms with Gasteiger partial charge >= 0.3 is 0 Å². The van der Waals surface area contributed by atoms with Crippen molar-refractivity contribution >= 4 is 21.7 Å². The van der Waals surface area contributed by atoms with Crippen molar-refractivity contribution in [2.75, 3.05) is 5.73 Å². The Morgan fingerprint density at radius 1 is 1.50 bits per heavy atom. The molecule has 0 saturated heterocycles. The first-order chi connectivity index (χ1) is 5.54. The fraction of sp³-hybridized carbons (Fsp3) is 0.625. The van der Waals surface area contributed by atoms with Crippen molar-refractivity contribution in [3.8, 4) is 0 Å². The van der Waals surface area contributed by atoms with Gasteiger partial charge in [-0.1, -0.05) is 13.8 Å². The molecule has 1 atom stereocenters. The summed E-state index contributed by atoms with van der Waals surface area (Å²) in [6, 6.07) is 0.344. The highest BCUT2D eigenvalue weighted by Gasteiger charge is 2.14. The Bertz CT molecular complexity index is 267. The summed E-state index contributed by atoms with van der Waals surface area (Å²) in [6.07, 6.45) is 1.73. The second-order valence-corrected chi connectivity index (χ2v) is 4.16. The minimum absolute atomic E-state index is 0.344. The summed E-state index contributed by atoms with van der Waals surface area (Å²) in [5.41, 5.74) is 5.79. The van der Waals surface area contributed by atoms with Gasteiger partial charge in [-0.2, -0.15) is 5.10 Å². The van der Waals surface area contributed by atoms with Crippen LogP contribution in [0.4, 0.5) is 5.82 Å². The number of halogens is 1. The molecule has 0 radical (unpaired) electrons. The first-order valence-corrected chi connectivity index (χ1v) is 4.81. The van der Waals surface area contributed by atoms with Crippen molar-refractivity contribution < 1.29 is 0 Å². The van der Waals surface area contributed by atoms with Gasteiger partial charge in [-0.3, -0.25) is 0 Å². The topological polar surface area (TPSA) is 43.8 Å². The number of aromatic nitrogens is 2. The highest BCUT2D eigenvalue weighted by atomic mass is 79.9. The van der Waals surface area contributed by atoms with Crippen molar-refractivity contribution in [3.63, 3.8) is 0 Å². The van der Waals surface area contributed by atoms with E-state index < -0.39 is 0 Å². The van der Waals surface area contributed by atoms with E-state index in [9.17, 15) is 0 Å². The van der Waals surface area contributed by atoms with Crippen LogP contribution in [0, 0.1) is 5.92 Å². The monoisotopic (exact) mass is 231 g/mol. The maximum absolute atomic E-state index is 5.79. The summed E-state index contributed by atoms with van der Waals surface area (Å²) < 4.78 is 2.71. The second-order valence-electron chi connectivity index (χ2n) is 3.31. The molecular weight excluding hydrogens is 218 g/mol. The van der Waals surface area contributed by atoms with Gasteiger partial charge in [0.25, 0.3) is 0 Å². The summed E-state index contributed by atoms with van der Waals surface area (Å²) >= 11 is 3.33. The Kier molecular flexibility index (Phi) is 2.77. The van der Waals surface area contributed by atoms with Crippen LogP contribution in [0.25, 0.3) is 0 Å². The van der Waals surface area contributed by atoms with Crippen LogP contribution in [0.2, 0.25) is 0 Å². The predicted molar refractivity (Wildman–Crippen MR) is 53.9 cm³/mol. The molecule has 1 rings (SSSR count). The van der Waals surface area contributed by atoms with E-state index in [0.29, 0.717) is 17.8 Å². The average molecular weight is 232 g/mol. The summed E-state index contributed by atoms with van der Waals surface area (Å²) in [4.78, 5) is 0. The number of nitrogen functional groups attached to an aromatic ring is 1. The van der Waals surface area contributed by atoms with E-state index in [4.69, 9.17) is 5.73 Å².